The molecule has 0 aromatic carbocycles. The molecule has 1 N–H and O–H groups in total. The first-order chi connectivity index (χ1) is 4.85. The molecule has 1 saturated heterocycles. The first-order valence-electron chi connectivity index (χ1n) is 4.07. The highest BCUT2D eigenvalue weighted by molar-refractivity contribution is 5.85. The molecule has 0 radical (unpaired) electrons. The second kappa shape index (κ2) is 3.30. The van der Waals surface area contributed by atoms with Gasteiger partial charge in [0.1, 0.15) is 0 Å². The molecule has 1 saturated carbocycles. The summed E-state index contributed by atoms with van der Waals surface area (Å²) in [4.78, 5) is 0. The van der Waals surface area contributed by atoms with E-state index in [9.17, 15) is 0 Å². The average molecular weight is 178 g/mol. The van der Waals surface area contributed by atoms with E-state index in [2.05, 4.69) is 5.32 Å². The van der Waals surface area contributed by atoms with Crippen molar-refractivity contribution in [2.45, 2.75) is 25.3 Å². The van der Waals surface area contributed by atoms with E-state index in [0.717, 1.165) is 12.0 Å². The Labute approximate surface area is 74.1 Å². The van der Waals surface area contributed by atoms with E-state index in [1.807, 2.05) is 0 Å². The van der Waals surface area contributed by atoms with Gasteiger partial charge in [-0.3, -0.25) is 0 Å². The van der Waals surface area contributed by atoms with Crippen molar-refractivity contribution in [2.24, 2.45) is 5.41 Å². The van der Waals surface area contributed by atoms with Gasteiger partial charge in [0, 0.05) is 19.7 Å². The summed E-state index contributed by atoms with van der Waals surface area (Å²) in [7, 11) is 1.78. The zero-order chi connectivity index (χ0) is 7.03. The number of hydrogen-bond acceptors (Lipinski definition) is 2. The van der Waals surface area contributed by atoms with Crippen LogP contribution in [0.4, 0.5) is 0 Å². The third-order valence-corrected chi connectivity index (χ3v) is 2.77. The predicted molar refractivity (Wildman–Crippen MR) is 47.2 cm³/mol. The van der Waals surface area contributed by atoms with Crippen LogP contribution in [0.25, 0.3) is 0 Å². The molecule has 0 amide bonds. The summed E-state index contributed by atoms with van der Waals surface area (Å²) in [5.74, 6) is 0. The smallest absolute Gasteiger partial charge is 0.0616 e. The van der Waals surface area contributed by atoms with Crippen molar-refractivity contribution < 1.29 is 4.74 Å². The van der Waals surface area contributed by atoms with Gasteiger partial charge in [-0.05, 0) is 24.7 Å². The van der Waals surface area contributed by atoms with Gasteiger partial charge in [0.2, 0.25) is 0 Å². The van der Waals surface area contributed by atoms with Gasteiger partial charge >= 0.3 is 0 Å². The highest BCUT2D eigenvalue weighted by Gasteiger charge is 2.47. The molecule has 2 fully saturated rings. The van der Waals surface area contributed by atoms with Crippen molar-refractivity contribution in [3.63, 3.8) is 0 Å². The number of rotatable bonds is 2. The Morgan fingerprint density at radius 2 is 2.27 bits per heavy atom. The SMILES string of the molecule is COC[C@@H]1CC2(CC2)CN1.Cl. The second-order valence-corrected chi connectivity index (χ2v) is 3.74. The third kappa shape index (κ3) is 1.86. The largest absolute Gasteiger partial charge is 0.383 e. The highest BCUT2D eigenvalue weighted by atomic mass is 35.5. The van der Waals surface area contributed by atoms with Crippen molar-refractivity contribution in [2.75, 3.05) is 20.3 Å². The minimum Gasteiger partial charge on any atom is -0.383 e. The van der Waals surface area contributed by atoms with Crippen LogP contribution in [-0.4, -0.2) is 26.3 Å². The van der Waals surface area contributed by atoms with E-state index >= 15 is 0 Å². The number of hydrogen-bond donors (Lipinski definition) is 1. The molecule has 2 rings (SSSR count). The molecule has 1 atom stereocenters. The minimum atomic E-state index is 0. The van der Waals surface area contributed by atoms with Crippen LogP contribution in [0.2, 0.25) is 0 Å². The standard InChI is InChI=1S/C8H15NO.ClH/c1-10-5-7-4-8(2-3-8)6-9-7;/h7,9H,2-6H2,1H3;1H/t7-;/m0./s1. The van der Waals surface area contributed by atoms with E-state index < -0.39 is 0 Å². The molecular formula is C8H16ClNO. The van der Waals surface area contributed by atoms with Crippen LogP contribution in [0.15, 0.2) is 0 Å². The van der Waals surface area contributed by atoms with Crippen molar-refractivity contribution >= 4 is 12.4 Å². The van der Waals surface area contributed by atoms with Gasteiger partial charge in [-0.1, -0.05) is 0 Å². The molecule has 2 aliphatic rings. The maximum Gasteiger partial charge on any atom is 0.0616 e. The first-order valence-corrected chi connectivity index (χ1v) is 4.07. The lowest BCUT2D eigenvalue weighted by Gasteiger charge is -2.07. The van der Waals surface area contributed by atoms with Crippen LogP contribution in [0.5, 0.6) is 0 Å². The Morgan fingerprint density at radius 1 is 1.55 bits per heavy atom. The molecule has 1 aliphatic carbocycles. The Hall–Kier alpha value is 0.210. The Bertz CT molecular complexity index is 136. The van der Waals surface area contributed by atoms with Crippen LogP contribution < -0.4 is 5.32 Å². The summed E-state index contributed by atoms with van der Waals surface area (Å²) in [6.45, 7) is 2.13. The van der Waals surface area contributed by atoms with E-state index in [0.29, 0.717) is 6.04 Å². The zero-order valence-corrected chi connectivity index (χ0v) is 7.75. The van der Waals surface area contributed by atoms with Crippen LogP contribution in [0, 0.1) is 5.41 Å². The molecule has 0 unspecified atom stereocenters. The molecule has 0 aromatic rings. The molecule has 1 spiro atoms. The monoisotopic (exact) mass is 177 g/mol. The molecule has 0 aromatic heterocycles. The van der Waals surface area contributed by atoms with Crippen molar-refractivity contribution in [1.82, 2.24) is 5.32 Å². The average Bonchev–Trinajstić information content (AvgIpc) is 2.52. The summed E-state index contributed by atoms with van der Waals surface area (Å²) in [5, 5.41) is 3.49. The zero-order valence-electron chi connectivity index (χ0n) is 6.93. The molecular weight excluding hydrogens is 162 g/mol. The van der Waals surface area contributed by atoms with Gasteiger partial charge in [-0.25, -0.2) is 0 Å². The first kappa shape index (κ1) is 9.30. The summed E-state index contributed by atoms with van der Waals surface area (Å²) in [5.41, 5.74) is 0.725. The van der Waals surface area contributed by atoms with E-state index in [1.54, 1.807) is 7.11 Å². The van der Waals surface area contributed by atoms with Crippen LogP contribution >= 0.6 is 12.4 Å². The van der Waals surface area contributed by atoms with E-state index in [1.165, 1.54) is 25.8 Å². The van der Waals surface area contributed by atoms with Gasteiger partial charge in [0.05, 0.1) is 6.61 Å². The maximum atomic E-state index is 5.08. The summed E-state index contributed by atoms with van der Waals surface area (Å²) in [6.07, 6.45) is 4.24. The number of halogens is 1. The normalized spacial score (nSPS) is 31.9. The van der Waals surface area contributed by atoms with Crippen LogP contribution in [0.1, 0.15) is 19.3 Å². The molecule has 0 bridgehead atoms. The minimum absolute atomic E-state index is 0. The summed E-state index contributed by atoms with van der Waals surface area (Å²) < 4.78 is 5.08. The topological polar surface area (TPSA) is 21.3 Å². The van der Waals surface area contributed by atoms with Crippen LogP contribution in [0.3, 0.4) is 0 Å². The number of methoxy groups -OCH3 is 1. The molecule has 11 heavy (non-hydrogen) atoms. The van der Waals surface area contributed by atoms with Crippen molar-refractivity contribution in [3.05, 3.63) is 0 Å². The van der Waals surface area contributed by atoms with Crippen LogP contribution in [-0.2, 0) is 4.74 Å². The Kier molecular flexibility index (Phi) is 2.79. The van der Waals surface area contributed by atoms with Gasteiger partial charge in [0.15, 0.2) is 0 Å². The van der Waals surface area contributed by atoms with Crippen molar-refractivity contribution in [1.29, 1.82) is 0 Å². The predicted octanol–water partition coefficient (Wildman–Crippen LogP) is 1.20. The lowest BCUT2D eigenvalue weighted by Crippen LogP contribution is -2.25. The molecule has 1 aliphatic heterocycles. The molecule has 3 heteroatoms. The Balaban J connectivity index is 0.000000605. The highest BCUT2D eigenvalue weighted by Crippen LogP contribution is 2.51. The van der Waals surface area contributed by atoms with Gasteiger partial charge < -0.3 is 10.1 Å². The fourth-order valence-corrected chi connectivity index (χ4v) is 1.90. The Morgan fingerprint density at radius 3 is 2.73 bits per heavy atom. The number of nitrogens with one attached hydrogen (secondary N) is 1. The maximum absolute atomic E-state index is 5.08. The number of ether oxygens (including phenoxy) is 1. The van der Waals surface area contributed by atoms with Gasteiger partial charge in [0.25, 0.3) is 0 Å². The molecule has 1 heterocycles. The summed E-state index contributed by atoms with van der Waals surface area (Å²) in [6, 6.07) is 0.646. The third-order valence-electron chi connectivity index (χ3n) is 2.77. The lowest BCUT2D eigenvalue weighted by atomic mass is 10.0. The van der Waals surface area contributed by atoms with E-state index in [-0.39, 0.29) is 12.4 Å². The quantitative estimate of drug-likeness (QED) is 0.685. The molecule has 66 valence electrons. The van der Waals surface area contributed by atoms with E-state index in [4.69, 9.17) is 4.74 Å². The van der Waals surface area contributed by atoms with Gasteiger partial charge in [-0.15, -0.1) is 12.4 Å². The molecule has 2 nitrogen and oxygen atoms in total. The van der Waals surface area contributed by atoms with Gasteiger partial charge in [-0.2, -0.15) is 0 Å². The summed E-state index contributed by atoms with van der Waals surface area (Å²) >= 11 is 0. The lowest BCUT2D eigenvalue weighted by molar-refractivity contribution is 0.172. The fraction of sp³-hybridized carbons (Fsp3) is 1.00. The second-order valence-electron chi connectivity index (χ2n) is 3.74. The van der Waals surface area contributed by atoms with Crippen molar-refractivity contribution in [3.8, 4) is 0 Å². The fourth-order valence-electron chi connectivity index (χ4n) is 1.90.